The number of quaternary nitrogens is 2. The van der Waals surface area contributed by atoms with Crippen molar-refractivity contribution in [2.75, 3.05) is 49.9 Å². The number of anilines is 2. The van der Waals surface area contributed by atoms with Gasteiger partial charge in [0, 0.05) is 11.4 Å². The first-order chi connectivity index (χ1) is 13.9. The average Bonchev–Trinajstić information content (AvgIpc) is 2.69. The summed E-state index contributed by atoms with van der Waals surface area (Å²) >= 11 is 0. The van der Waals surface area contributed by atoms with Crippen LogP contribution in [0.5, 0.6) is 0 Å². The number of carbonyl (C=O) groups excluding carboxylic acids is 2. The summed E-state index contributed by atoms with van der Waals surface area (Å²) in [6, 6.07) is 11.7. The Morgan fingerprint density at radius 1 is 0.862 bits per heavy atom. The molecule has 6 nitrogen and oxygen atoms in total. The van der Waals surface area contributed by atoms with Gasteiger partial charge in [0.1, 0.15) is 32.0 Å². The molecule has 1 heterocycles. The summed E-state index contributed by atoms with van der Waals surface area (Å²) in [7, 11) is 0. The van der Waals surface area contributed by atoms with Gasteiger partial charge >= 0.3 is 0 Å². The van der Waals surface area contributed by atoms with Crippen molar-refractivity contribution in [1.82, 2.24) is 0 Å². The maximum atomic E-state index is 12.9. The Morgan fingerprint density at radius 3 is 2.00 bits per heavy atom. The first kappa shape index (κ1) is 21.0. The average molecular weight is 400 g/mol. The van der Waals surface area contributed by atoms with Crippen LogP contribution in [-0.2, 0) is 9.59 Å². The highest BCUT2D eigenvalue weighted by atomic mass is 19.1. The van der Waals surface area contributed by atoms with Gasteiger partial charge in [0.2, 0.25) is 0 Å². The Labute approximate surface area is 170 Å². The summed E-state index contributed by atoms with van der Waals surface area (Å²) < 4.78 is 12.9. The molecular formula is C22H29FN4O2+2. The molecule has 0 saturated carbocycles. The lowest BCUT2D eigenvalue weighted by Crippen LogP contribution is -3.28. The number of rotatable bonds is 6. The lowest BCUT2D eigenvalue weighted by Gasteiger charge is -2.29. The van der Waals surface area contributed by atoms with Gasteiger partial charge in [0.15, 0.2) is 13.1 Å². The third-order valence-electron chi connectivity index (χ3n) is 5.49. The molecular weight excluding hydrogens is 371 g/mol. The van der Waals surface area contributed by atoms with Gasteiger partial charge in [-0.15, -0.1) is 0 Å². The van der Waals surface area contributed by atoms with E-state index in [2.05, 4.69) is 10.6 Å². The Morgan fingerprint density at radius 2 is 1.41 bits per heavy atom. The molecule has 1 saturated heterocycles. The number of hydrogen-bond acceptors (Lipinski definition) is 2. The predicted octanol–water partition coefficient (Wildman–Crippen LogP) is -0.197. The first-order valence-corrected chi connectivity index (χ1v) is 9.99. The molecule has 1 fully saturated rings. The van der Waals surface area contributed by atoms with Gasteiger partial charge in [0.25, 0.3) is 11.8 Å². The molecule has 0 unspecified atom stereocenters. The standard InChI is InChI=1S/C22H27FN4O2/c1-16-4-3-5-20(17(16)2)25-22(29)15-27-12-10-26(11-13-27)14-21(28)24-19-8-6-18(23)7-9-19/h3-9H,10-15H2,1-2H3,(H,24,28)(H,25,29)/p+2. The van der Waals surface area contributed by atoms with Crippen LogP contribution in [0.2, 0.25) is 0 Å². The Hall–Kier alpha value is -2.77. The van der Waals surface area contributed by atoms with Crippen LogP contribution in [-0.4, -0.2) is 51.1 Å². The van der Waals surface area contributed by atoms with Crippen LogP contribution in [0.4, 0.5) is 15.8 Å². The zero-order chi connectivity index (χ0) is 20.8. The van der Waals surface area contributed by atoms with E-state index in [1.165, 1.54) is 21.9 Å². The van der Waals surface area contributed by atoms with Crippen LogP contribution in [0.1, 0.15) is 11.1 Å². The highest BCUT2D eigenvalue weighted by Gasteiger charge is 2.26. The van der Waals surface area contributed by atoms with Crippen molar-refractivity contribution >= 4 is 23.2 Å². The summed E-state index contributed by atoms with van der Waals surface area (Å²) in [5.41, 5.74) is 3.72. The Balaban J connectivity index is 1.40. The number of carbonyl (C=O) groups is 2. The number of nitrogens with one attached hydrogen (secondary N) is 4. The normalized spacial score (nSPS) is 18.9. The topological polar surface area (TPSA) is 67.1 Å². The van der Waals surface area contributed by atoms with E-state index in [4.69, 9.17) is 0 Å². The molecule has 1 aliphatic heterocycles. The molecule has 29 heavy (non-hydrogen) atoms. The molecule has 4 N–H and O–H groups in total. The fraction of sp³-hybridized carbons (Fsp3) is 0.364. The van der Waals surface area contributed by atoms with Gasteiger partial charge in [-0.25, -0.2) is 4.39 Å². The van der Waals surface area contributed by atoms with Crippen molar-refractivity contribution in [3.8, 4) is 0 Å². The van der Waals surface area contributed by atoms with Crippen LogP contribution in [0.3, 0.4) is 0 Å². The molecule has 2 aromatic rings. The number of piperazine rings is 1. The second-order valence-corrected chi connectivity index (χ2v) is 7.70. The van der Waals surface area contributed by atoms with E-state index >= 15 is 0 Å². The van der Waals surface area contributed by atoms with E-state index in [-0.39, 0.29) is 17.6 Å². The zero-order valence-electron chi connectivity index (χ0n) is 17.0. The molecule has 7 heteroatoms. The quantitative estimate of drug-likeness (QED) is 0.543. The van der Waals surface area contributed by atoms with Gasteiger partial charge in [-0.05, 0) is 55.3 Å². The number of aryl methyl sites for hydroxylation is 1. The van der Waals surface area contributed by atoms with Crippen LogP contribution in [0.15, 0.2) is 42.5 Å². The van der Waals surface area contributed by atoms with Crippen molar-refractivity contribution < 1.29 is 23.8 Å². The van der Waals surface area contributed by atoms with Crippen LogP contribution in [0.25, 0.3) is 0 Å². The number of benzene rings is 2. The van der Waals surface area contributed by atoms with Gasteiger partial charge in [-0.3, -0.25) is 9.59 Å². The SMILES string of the molecule is Cc1cccc(NC(=O)C[NH+]2CC[NH+](CC(=O)Nc3ccc(F)cc3)CC2)c1C. The van der Waals surface area contributed by atoms with Gasteiger partial charge in [-0.2, -0.15) is 0 Å². The van der Waals surface area contributed by atoms with E-state index in [1.54, 1.807) is 12.1 Å². The molecule has 0 aromatic heterocycles. The van der Waals surface area contributed by atoms with Crippen LogP contribution >= 0.6 is 0 Å². The van der Waals surface area contributed by atoms with Crippen molar-refractivity contribution in [2.24, 2.45) is 0 Å². The molecule has 0 bridgehead atoms. The lowest BCUT2D eigenvalue weighted by atomic mass is 10.1. The second kappa shape index (κ2) is 9.62. The van der Waals surface area contributed by atoms with Crippen molar-refractivity contribution in [3.63, 3.8) is 0 Å². The minimum Gasteiger partial charge on any atom is -0.321 e. The molecule has 1 aliphatic rings. The third kappa shape index (κ3) is 6.10. The third-order valence-corrected chi connectivity index (χ3v) is 5.49. The molecule has 154 valence electrons. The maximum Gasteiger partial charge on any atom is 0.279 e. The molecule has 0 spiro atoms. The van der Waals surface area contributed by atoms with Gasteiger partial charge in [-0.1, -0.05) is 12.1 Å². The largest absolute Gasteiger partial charge is 0.321 e. The van der Waals surface area contributed by atoms with E-state index in [0.717, 1.165) is 43.0 Å². The Kier molecular flexibility index (Phi) is 6.95. The van der Waals surface area contributed by atoms with Crippen LogP contribution < -0.4 is 20.4 Å². The summed E-state index contributed by atoms with van der Waals surface area (Å²) in [6.07, 6.45) is 0. The smallest absolute Gasteiger partial charge is 0.279 e. The monoisotopic (exact) mass is 400 g/mol. The van der Waals surface area contributed by atoms with Crippen LogP contribution in [0, 0.1) is 19.7 Å². The number of amides is 2. The van der Waals surface area contributed by atoms with Crippen molar-refractivity contribution in [1.29, 1.82) is 0 Å². The molecule has 0 radical (unpaired) electrons. The fourth-order valence-corrected chi connectivity index (χ4v) is 3.58. The lowest BCUT2D eigenvalue weighted by molar-refractivity contribution is -1.00. The summed E-state index contributed by atoms with van der Waals surface area (Å²) in [5, 5.41) is 5.82. The molecule has 0 atom stereocenters. The minimum absolute atomic E-state index is 0.0196. The van der Waals surface area contributed by atoms with E-state index < -0.39 is 0 Å². The van der Waals surface area contributed by atoms with Crippen molar-refractivity contribution in [3.05, 3.63) is 59.4 Å². The van der Waals surface area contributed by atoms with E-state index in [1.807, 2.05) is 32.0 Å². The fourth-order valence-electron chi connectivity index (χ4n) is 3.58. The van der Waals surface area contributed by atoms with Gasteiger partial charge in [0.05, 0.1) is 0 Å². The number of hydrogen-bond donors (Lipinski definition) is 4. The van der Waals surface area contributed by atoms with E-state index in [9.17, 15) is 14.0 Å². The zero-order valence-corrected chi connectivity index (χ0v) is 17.0. The summed E-state index contributed by atoms with van der Waals surface area (Å²) in [6.45, 7) is 8.22. The highest BCUT2D eigenvalue weighted by Crippen LogP contribution is 2.17. The first-order valence-electron chi connectivity index (χ1n) is 9.99. The molecule has 0 aliphatic carbocycles. The maximum absolute atomic E-state index is 12.9. The molecule has 2 amide bonds. The highest BCUT2D eigenvalue weighted by molar-refractivity contribution is 5.92. The Bertz CT molecular complexity index is 862. The summed E-state index contributed by atoms with van der Waals surface area (Å²) in [5.74, 6) is -0.386. The second-order valence-electron chi connectivity index (χ2n) is 7.70. The minimum atomic E-state index is -0.325. The predicted molar refractivity (Wildman–Crippen MR) is 111 cm³/mol. The van der Waals surface area contributed by atoms with Crippen molar-refractivity contribution in [2.45, 2.75) is 13.8 Å². The summed E-state index contributed by atoms with van der Waals surface area (Å²) in [4.78, 5) is 27.0. The molecule has 2 aromatic carbocycles. The number of halogens is 1. The molecule has 3 rings (SSSR count). The van der Waals surface area contributed by atoms with Gasteiger partial charge < -0.3 is 20.4 Å². The van der Waals surface area contributed by atoms with E-state index in [0.29, 0.717) is 18.8 Å².